The van der Waals surface area contributed by atoms with Crippen LogP contribution in [0.2, 0.25) is 0 Å². The predicted molar refractivity (Wildman–Crippen MR) is 97.9 cm³/mol. The van der Waals surface area contributed by atoms with E-state index in [2.05, 4.69) is 31.3 Å². The summed E-state index contributed by atoms with van der Waals surface area (Å²) in [5.74, 6) is 7.79. The average molecular weight is 353 g/mol. The summed E-state index contributed by atoms with van der Waals surface area (Å²) in [6.07, 6.45) is 1.91. The van der Waals surface area contributed by atoms with E-state index in [1.54, 1.807) is 0 Å². The number of amidine groups is 1. The third kappa shape index (κ3) is 3.09. The van der Waals surface area contributed by atoms with E-state index in [9.17, 15) is 0 Å². The van der Waals surface area contributed by atoms with Crippen LogP contribution in [0.3, 0.4) is 0 Å². The molecule has 1 aromatic carbocycles. The SMILES string of the molecule is N/N=C(\N)CSc1n[nH]c(-c2ccc(-c3ccc4[nH]ccc4c3)o2)n1. The van der Waals surface area contributed by atoms with E-state index >= 15 is 0 Å². The van der Waals surface area contributed by atoms with Gasteiger partial charge in [-0.3, -0.25) is 5.10 Å². The van der Waals surface area contributed by atoms with E-state index in [4.69, 9.17) is 16.0 Å². The number of benzene rings is 1. The number of hydrazone groups is 1. The van der Waals surface area contributed by atoms with Gasteiger partial charge in [-0.25, -0.2) is 0 Å². The van der Waals surface area contributed by atoms with E-state index < -0.39 is 0 Å². The molecule has 0 atom stereocenters. The fraction of sp³-hybridized carbons (Fsp3) is 0.0625. The summed E-state index contributed by atoms with van der Waals surface area (Å²) in [5.41, 5.74) is 7.65. The lowest BCUT2D eigenvalue weighted by Crippen LogP contribution is -2.16. The summed E-state index contributed by atoms with van der Waals surface area (Å²) in [6, 6.07) is 11.9. The fourth-order valence-electron chi connectivity index (χ4n) is 2.42. The van der Waals surface area contributed by atoms with Crippen LogP contribution in [-0.2, 0) is 0 Å². The molecule has 0 saturated heterocycles. The number of nitrogens with one attached hydrogen (secondary N) is 2. The second kappa shape index (κ2) is 6.36. The number of rotatable bonds is 5. The second-order valence-corrected chi connectivity index (χ2v) is 6.26. The van der Waals surface area contributed by atoms with Crippen molar-refractivity contribution in [2.24, 2.45) is 16.7 Å². The number of nitrogens with two attached hydrogens (primary N) is 2. The van der Waals surface area contributed by atoms with Gasteiger partial charge in [0.2, 0.25) is 5.16 Å². The summed E-state index contributed by atoms with van der Waals surface area (Å²) in [6.45, 7) is 0. The standard InChI is InChI=1S/C16H15N7OS/c17-14(21-18)8-25-16-20-15(22-23-16)13-4-3-12(24-13)10-1-2-11-9(7-10)5-6-19-11/h1-7,19H,8,18H2,(H2,17,21)(H,20,22,23). The summed E-state index contributed by atoms with van der Waals surface area (Å²) in [7, 11) is 0. The van der Waals surface area contributed by atoms with Crippen LogP contribution < -0.4 is 11.6 Å². The van der Waals surface area contributed by atoms with Gasteiger partial charge in [0.05, 0.1) is 5.75 Å². The molecule has 4 rings (SSSR count). The Morgan fingerprint density at radius 3 is 2.96 bits per heavy atom. The lowest BCUT2D eigenvalue weighted by atomic mass is 10.1. The van der Waals surface area contributed by atoms with Crippen molar-refractivity contribution in [3.05, 3.63) is 42.6 Å². The van der Waals surface area contributed by atoms with E-state index in [0.717, 1.165) is 22.2 Å². The third-order valence-corrected chi connectivity index (χ3v) is 4.54. The van der Waals surface area contributed by atoms with Crippen LogP contribution in [0.1, 0.15) is 0 Å². The highest BCUT2D eigenvalue weighted by atomic mass is 32.2. The molecule has 3 aromatic heterocycles. The van der Waals surface area contributed by atoms with Gasteiger partial charge < -0.3 is 21.0 Å². The molecular weight excluding hydrogens is 338 g/mol. The molecule has 9 heteroatoms. The Kier molecular flexibility index (Phi) is 3.90. The first-order valence-corrected chi connectivity index (χ1v) is 8.46. The van der Waals surface area contributed by atoms with Crippen molar-refractivity contribution >= 4 is 28.5 Å². The highest BCUT2D eigenvalue weighted by Gasteiger charge is 2.12. The van der Waals surface area contributed by atoms with Gasteiger partial charge >= 0.3 is 0 Å². The van der Waals surface area contributed by atoms with E-state index in [1.165, 1.54) is 11.8 Å². The molecule has 6 N–H and O–H groups in total. The minimum absolute atomic E-state index is 0.330. The van der Waals surface area contributed by atoms with Gasteiger partial charge in [0.25, 0.3) is 0 Å². The van der Waals surface area contributed by atoms with Gasteiger partial charge in [-0.2, -0.15) is 10.1 Å². The normalized spacial score (nSPS) is 12.1. The number of thioether (sulfide) groups is 1. The molecule has 0 bridgehead atoms. The minimum Gasteiger partial charge on any atom is -0.453 e. The zero-order valence-corrected chi connectivity index (χ0v) is 13.9. The van der Waals surface area contributed by atoms with Gasteiger partial charge in [0, 0.05) is 22.7 Å². The van der Waals surface area contributed by atoms with Crippen LogP contribution >= 0.6 is 11.8 Å². The van der Waals surface area contributed by atoms with Gasteiger partial charge in [0.1, 0.15) is 11.6 Å². The monoisotopic (exact) mass is 353 g/mol. The lowest BCUT2D eigenvalue weighted by molar-refractivity contribution is 0.592. The van der Waals surface area contributed by atoms with Gasteiger partial charge in [0.15, 0.2) is 11.6 Å². The fourth-order valence-corrected chi connectivity index (χ4v) is 3.04. The molecule has 0 spiro atoms. The summed E-state index contributed by atoms with van der Waals surface area (Å²) >= 11 is 1.34. The molecule has 0 aliphatic carbocycles. The van der Waals surface area contributed by atoms with Gasteiger partial charge in [-0.1, -0.05) is 11.8 Å². The van der Waals surface area contributed by atoms with Crippen LogP contribution in [-0.4, -0.2) is 31.8 Å². The maximum Gasteiger partial charge on any atom is 0.209 e. The van der Waals surface area contributed by atoms with E-state index in [0.29, 0.717) is 28.3 Å². The smallest absolute Gasteiger partial charge is 0.209 e. The third-order valence-electron chi connectivity index (χ3n) is 3.66. The predicted octanol–water partition coefficient (Wildman–Crippen LogP) is 2.54. The second-order valence-electron chi connectivity index (χ2n) is 5.32. The van der Waals surface area contributed by atoms with Crippen molar-refractivity contribution in [3.8, 4) is 22.9 Å². The topological polar surface area (TPSA) is 135 Å². The molecule has 0 radical (unpaired) electrons. The molecule has 126 valence electrons. The minimum atomic E-state index is 0.330. The number of furan rings is 1. The first kappa shape index (κ1) is 15.3. The Labute approximate surface area is 146 Å². The Morgan fingerprint density at radius 1 is 1.20 bits per heavy atom. The number of hydrogen-bond acceptors (Lipinski definition) is 6. The number of H-pyrrole nitrogens is 2. The number of aromatic amines is 2. The van der Waals surface area contributed by atoms with Gasteiger partial charge in [-0.15, -0.1) is 5.10 Å². The van der Waals surface area contributed by atoms with E-state index in [1.807, 2.05) is 36.5 Å². The largest absolute Gasteiger partial charge is 0.453 e. The Balaban J connectivity index is 1.55. The molecule has 4 aromatic rings. The molecule has 25 heavy (non-hydrogen) atoms. The van der Waals surface area contributed by atoms with Crippen LogP contribution in [0.15, 0.2) is 57.3 Å². The van der Waals surface area contributed by atoms with Gasteiger partial charge in [-0.05, 0) is 36.4 Å². The quantitative estimate of drug-likeness (QED) is 0.143. The van der Waals surface area contributed by atoms with Crippen LogP contribution in [0.5, 0.6) is 0 Å². The Hall–Kier alpha value is -3.20. The average Bonchev–Trinajstić information content (AvgIpc) is 3.38. The summed E-state index contributed by atoms with van der Waals surface area (Å²) in [4.78, 5) is 7.56. The van der Waals surface area contributed by atoms with Crippen molar-refractivity contribution < 1.29 is 4.42 Å². The molecular formula is C16H15N7OS. The summed E-state index contributed by atoms with van der Waals surface area (Å²) < 4.78 is 5.92. The number of fused-ring (bicyclic) bond motifs is 1. The van der Waals surface area contributed by atoms with Crippen LogP contribution in [0.4, 0.5) is 0 Å². The molecule has 0 aliphatic rings. The van der Waals surface area contributed by atoms with Crippen molar-refractivity contribution in [1.82, 2.24) is 20.2 Å². The molecule has 3 heterocycles. The number of aromatic nitrogens is 4. The molecule has 0 unspecified atom stereocenters. The molecule has 0 saturated carbocycles. The molecule has 8 nitrogen and oxygen atoms in total. The highest BCUT2D eigenvalue weighted by molar-refractivity contribution is 7.99. The molecule has 0 aliphatic heterocycles. The maximum atomic E-state index is 5.92. The van der Waals surface area contributed by atoms with Crippen molar-refractivity contribution in [3.63, 3.8) is 0 Å². The molecule has 0 fully saturated rings. The maximum absolute atomic E-state index is 5.92. The first-order chi connectivity index (χ1) is 12.2. The Morgan fingerprint density at radius 2 is 2.08 bits per heavy atom. The van der Waals surface area contributed by atoms with Crippen molar-refractivity contribution in [2.75, 3.05) is 5.75 Å². The molecule has 0 amide bonds. The lowest BCUT2D eigenvalue weighted by Gasteiger charge is -1.97. The van der Waals surface area contributed by atoms with E-state index in [-0.39, 0.29) is 0 Å². The number of hydrogen-bond donors (Lipinski definition) is 4. The highest BCUT2D eigenvalue weighted by Crippen LogP contribution is 2.29. The zero-order chi connectivity index (χ0) is 17.2. The number of nitrogens with zero attached hydrogens (tertiary/aromatic N) is 3. The Bertz CT molecular complexity index is 1050. The zero-order valence-electron chi connectivity index (χ0n) is 13.1. The van der Waals surface area contributed by atoms with Crippen LogP contribution in [0.25, 0.3) is 33.8 Å². The van der Waals surface area contributed by atoms with Crippen LogP contribution in [0, 0.1) is 0 Å². The van der Waals surface area contributed by atoms with Crippen molar-refractivity contribution in [1.29, 1.82) is 0 Å². The summed E-state index contributed by atoms with van der Waals surface area (Å²) in [5, 5.41) is 12.1. The first-order valence-electron chi connectivity index (χ1n) is 7.48. The van der Waals surface area contributed by atoms with Crippen molar-refractivity contribution in [2.45, 2.75) is 5.16 Å².